The third kappa shape index (κ3) is 4.63. The Hall–Kier alpha value is -3.22. The predicted octanol–water partition coefficient (Wildman–Crippen LogP) is 3.97. The molecule has 0 amide bonds. The fraction of sp³-hybridized carbons (Fsp3) is 0.222. The zero-order valence-corrected chi connectivity index (χ0v) is 13.7. The quantitative estimate of drug-likeness (QED) is 0.470. The second-order valence-electron chi connectivity index (χ2n) is 5.65. The van der Waals surface area contributed by atoms with E-state index in [-0.39, 0.29) is 10.6 Å². The maximum absolute atomic E-state index is 10.7. The molecule has 0 saturated carbocycles. The summed E-state index contributed by atoms with van der Waals surface area (Å²) in [5.74, 6) is 0. The van der Waals surface area contributed by atoms with Gasteiger partial charge in [0.05, 0.1) is 16.8 Å². The Morgan fingerprint density at radius 3 is 2.28 bits per heavy atom. The Morgan fingerprint density at radius 2 is 1.64 bits per heavy atom. The Morgan fingerprint density at radius 1 is 0.960 bits per heavy atom. The van der Waals surface area contributed by atoms with Crippen molar-refractivity contribution in [1.29, 1.82) is 0 Å². The van der Waals surface area contributed by atoms with Crippen LogP contribution in [0.1, 0.15) is 0 Å². The van der Waals surface area contributed by atoms with Gasteiger partial charge in [0.1, 0.15) is 0 Å². The van der Waals surface area contributed by atoms with Gasteiger partial charge < -0.3 is 9.80 Å². The van der Waals surface area contributed by atoms with Gasteiger partial charge in [0, 0.05) is 50.2 Å². The first-order valence-electron chi connectivity index (χ1n) is 8.08. The van der Waals surface area contributed by atoms with E-state index in [2.05, 4.69) is 20.0 Å². The number of azo groups is 1. The molecule has 0 radical (unpaired) electrons. The number of nitrogens with zero attached hydrogens (tertiary/aromatic N) is 5. The van der Waals surface area contributed by atoms with Gasteiger partial charge in [0.15, 0.2) is 0 Å². The van der Waals surface area contributed by atoms with Crippen LogP contribution in [0.2, 0.25) is 0 Å². The summed E-state index contributed by atoms with van der Waals surface area (Å²) >= 11 is 0. The number of non-ortho nitro benzene ring substituents is 1. The van der Waals surface area contributed by atoms with Crippen molar-refractivity contribution in [3.8, 4) is 0 Å². The maximum Gasteiger partial charge on any atom is 0.269 e. The molecule has 0 unspecified atom stereocenters. The monoisotopic (exact) mass is 337 g/mol. The highest BCUT2D eigenvalue weighted by Crippen LogP contribution is 2.20. The molecule has 0 bridgehead atoms. The van der Waals surface area contributed by atoms with E-state index in [4.69, 9.17) is 0 Å². The van der Waals surface area contributed by atoms with E-state index in [1.807, 2.05) is 36.5 Å². The van der Waals surface area contributed by atoms with Gasteiger partial charge in [0.2, 0.25) is 0 Å². The van der Waals surface area contributed by atoms with E-state index in [9.17, 15) is 10.1 Å². The average molecular weight is 337 g/mol. The number of anilines is 1. The van der Waals surface area contributed by atoms with Crippen LogP contribution in [0.25, 0.3) is 0 Å². The summed E-state index contributed by atoms with van der Waals surface area (Å²) in [4.78, 5) is 14.7. The summed E-state index contributed by atoms with van der Waals surface area (Å²) in [5, 5.41) is 18.9. The van der Waals surface area contributed by atoms with Gasteiger partial charge in [-0.15, -0.1) is 0 Å². The van der Waals surface area contributed by atoms with Crippen molar-refractivity contribution in [1.82, 2.24) is 4.90 Å². The Balaban J connectivity index is 1.49. The molecule has 0 aromatic heterocycles. The number of nitro benzene ring substituents is 1. The zero-order valence-electron chi connectivity index (χ0n) is 13.7. The Bertz CT molecular complexity index is 751. The van der Waals surface area contributed by atoms with Crippen LogP contribution in [0, 0.1) is 10.1 Å². The fourth-order valence-corrected chi connectivity index (χ4v) is 2.63. The van der Waals surface area contributed by atoms with E-state index < -0.39 is 0 Å². The van der Waals surface area contributed by atoms with E-state index in [1.165, 1.54) is 0 Å². The first kappa shape index (κ1) is 16.6. The summed E-state index contributed by atoms with van der Waals surface area (Å²) in [6.07, 6.45) is 3.65. The van der Waals surface area contributed by atoms with Gasteiger partial charge in [-0.05, 0) is 24.3 Å². The van der Waals surface area contributed by atoms with E-state index >= 15 is 0 Å². The van der Waals surface area contributed by atoms with Crippen molar-refractivity contribution in [2.75, 3.05) is 31.1 Å². The number of hydrogen-bond acceptors (Lipinski definition) is 6. The van der Waals surface area contributed by atoms with Gasteiger partial charge in [-0.3, -0.25) is 10.1 Å². The molecule has 3 rings (SSSR count). The minimum absolute atomic E-state index is 0.120. The second-order valence-corrected chi connectivity index (χ2v) is 5.65. The van der Waals surface area contributed by atoms with Gasteiger partial charge in [0.25, 0.3) is 5.69 Å². The van der Waals surface area contributed by atoms with Crippen molar-refractivity contribution < 1.29 is 4.92 Å². The molecule has 0 atom stereocenters. The van der Waals surface area contributed by atoms with Gasteiger partial charge in [-0.25, -0.2) is 0 Å². The highest BCUT2D eigenvalue weighted by Gasteiger charge is 2.15. The topological polar surface area (TPSA) is 74.3 Å². The number of nitro groups is 1. The normalized spacial score (nSPS) is 15.2. The van der Waals surface area contributed by atoms with Gasteiger partial charge in [-0.1, -0.05) is 18.2 Å². The molecule has 7 heteroatoms. The average Bonchev–Trinajstić information content (AvgIpc) is 2.67. The van der Waals surface area contributed by atoms with Crippen molar-refractivity contribution in [2.24, 2.45) is 10.2 Å². The largest absolute Gasteiger partial charge is 0.373 e. The van der Waals surface area contributed by atoms with Crippen molar-refractivity contribution >= 4 is 17.1 Å². The minimum atomic E-state index is -0.378. The smallest absolute Gasteiger partial charge is 0.269 e. The fourth-order valence-electron chi connectivity index (χ4n) is 2.63. The Labute approximate surface area is 146 Å². The lowest BCUT2D eigenvalue weighted by Gasteiger charge is -2.35. The van der Waals surface area contributed by atoms with E-state index in [0.717, 1.165) is 37.6 Å². The van der Waals surface area contributed by atoms with E-state index in [0.29, 0.717) is 0 Å². The number of rotatable bonds is 5. The standard InChI is InChI=1S/C18H19N5O2/c24-23(25)18-8-6-17(7-9-18)22-14-12-21(13-15-22)11-10-19-20-16-4-2-1-3-5-16/h1-11H,12-15H2/b11-10+,20-19?. The lowest BCUT2D eigenvalue weighted by molar-refractivity contribution is -0.384. The zero-order chi connectivity index (χ0) is 17.5. The van der Waals surface area contributed by atoms with Crippen molar-refractivity contribution in [2.45, 2.75) is 0 Å². The number of piperazine rings is 1. The molecule has 1 aliphatic heterocycles. The van der Waals surface area contributed by atoms with Crippen LogP contribution in [0.15, 0.2) is 77.2 Å². The minimum Gasteiger partial charge on any atom is -0.373 e. The molecule has 25 heavy (non-hydrogen) atoms. The first-order chi connectivity index (χ1) is 12.2. The van der Waals surface area contributed by atoms with Crippen LogP contribution in [-0.4, -0.2) is 36.0 Å². The van der Waals surface area contributed by atoms with Crippen molar-refractivity contribution in [3.63, 3.8) is 0 Å². The predicted molar refractivity (Wildman–Crippen MR) is 97.0 cm³/mol. The molecule has 1 aliphatic rings. The summed E-state index contributed by atoms with van der Waals surface area (Å²) in [6, 6.07) is 16.3. The highest BCUT2D eigenvalue weighted by atomic mass is 16.6. The first-order valence-corrected chi connectivity index (χ1v) is 8.08. The van der Waals surface area contributed by atoms with Crippen molar-refractivity contribution in [3.05, 3.63) is 77.1 Å². The molecule has 0 aliphatic carbocycles. The molecule has 1 fully saturated rings. The SMILES string of the molecule is O=[N+]([O-])c1ccc(N2CCN(/C=C/N=Nc3ccccc3)CC2)cc1. The second kappa shape index (κ2) is 8.05. The molecule has 2 aromatic carbocycles. The highest BCUT2D eigenvalue weighted by molar-refractivity contribution is 5.51. The van der Waals surface area contributed by atoms with Crippen LogP contribution in [0.5, 0.6) is 0 Å². The summed E-state index contributed by atoms with van der Waals surface area (Å²) in [5.41, 5.74) is 1.96. The third-order valence-corrected chi connectivity index (χ3v) is 4.01. The Kier molecular flexibility index (Phi) is 5.36. The van der Waals surface area contributed by atoms with Crippen LogP contribution >= 0.6 is 0 Å². The molecule has 7 nitrogen and oxygen atoms in total. The summed E-state index contributed by atoms with van der Waals surface area (Å²) in [6.45, 7) is 3.46. The maximum atomic E-state index is 10.7. The molecule has 1 saturated heterocycles. The molecular formula is C18H19N5O2. The lowest BCUT2D eigenvalue weighted by Crippen LogP contribution is -2.44. The molecule has 0 N–H and O–H groups in total. The molecule has 2 aromatic rings. The number of benzene rings is 2. The summed E-state index contributed by atoms with van der Waals surface area (Å²) < 4.78 is 0. The van der Waals surface area contributed by atoms with Crippen LogP contribution in [0.4, 0.5) is 17.1 Å². The van der Waals surface area contributed by atoms with E-state index in [1.54, 1.807) is 30.5 Å². The number of hydrogen-bond donors (Lipinski definition) is 0. The summed E-state index contributed by atoms with van der Waals surface area (Å²) in [7, 11) is 0. The lowest BCUT2D eigenvalue weighted by atomic mass is 10.2. The molecule has 1 heterocycles. The third-order valence-electron chi connectivity index (χ3n) is 4.01. The molecule has 0 spiro atoms. The van der Waals surface area contributed by atoms with Gasteiger partial charge >= 0.3 is 0 Å². The van der Waals surface area contributed by atoms with Crippen LogP contribution in [-0.2, 0) is 0 Å². The van der Waals surface area contributed by atoms with Crippen LogP contribution < -0.4 is 4.90 Å². The molecular weight excluding hydrogens is 318 g/mol. The molecule has 128 valence electrons. The van der Waals surface area contributed by atoms with Crippen LogP contribution in [0.3, 0.4) is 0 Å². The van der Waals surface area contributed by atoms with Gasteiger partial charge in [-0.2, -0.15) is 10.2 Å².